The van der Waals surface area contributed by atoms with E-state index in [0.717, 1.165) is 5.41 Å². The van der Waals surface area contributed by atoms with Crippen LogP contribution in [0.25, 0.3) is 0 Å². The molecular formula is C4H9NS. The summed E-state index contributed by atoms with van der Waals surface area (Å²) in [6.07, 6.45) is -0.486. The zero-order valence-corrected chi connectivity index (χ0v) is 3.92. The van der Waals surface area contributed by atoms with Gasteiger partial charge in [0.15, 0.2) is 0 Å². The van der Waals surface area contributed by atoms with E-state index in [0.29, 0.717) is 0 Å². The summed E-state index contributed by atoms with van der Waals surface area (Å²) in [5, 5.41) is 0.784. The maximum Gasteiger partial charge on any atom is 0.0820 e. The fourth-order valence-corrected chi connectivity index (χ4v) is 0.507. The van der Waals surface area contributed by atoms with Gasteiger partial charge in [-0.15, -0.1) is 0 Å². The van der Waals surface area contributed by atoms with Crippen LogP contribution in [0.15, 0.2) is 23.7 Å². The van der Waals surface area contributed by atoms with E-state index in [4.69, 9.17) is 7.48 Å². The van der Waals surface area contributed by atoms with Gasteiger partial charge in [0.2, 0.25) is 0 Å². The van der Waals surface area contributed by atoms with Gasteiger partial charge < -0.3 is 4.72 Å². The predicted molar refractivity (Wildman–Crippen MR) is 34.6 cm³/mol. The summed E-state index contributed by atoms with van der Waals surface area (Å²) in [7, 11) is 0. The van der Waals surface area contributed by atoms with Crippen LogP contribution in [0, 0.1) is 0 Å². The number of nitrogens with one attached hydrogen (secondary N) is 1. The monoisotopic (exact) mass is 109 g/mol. The van der Waals surface area contributed by atoms with Gasteiger partial charge in [0.05, 0.1) is 7.48 Å². The van der Waals surface area contributed by atoms with Crippen molar-refractivity contribution < 1.29 is 4.11 Å². The predicted octanol–water partition coefficient (Wildman–Crippen LogP) is 0.194. The van der Waals surface area contributed by atoms with Gasteiger partial charge in [-0.2, -0.15) is 0 Å². The van der Waals surface area contributed by atoms with Crippen molar-refractivity contribution in [2.45, 2.75) is 0 Å². The molecule has 0 saturated carbocycles. The van der Waals surface area contributed by atoms with Crippen molar-refractivity contribution in [1.82, 2.24) is 4.72 Å². The quantitative estimate of drug-likeness (QED) is 0.468. The Morgan fingerprint density at radius 2 is 2.83 bits per heavy atom. The number of rotatable bonds is 0. The molecule has 0 amide bonds. The van der Waals surface area contributed by atoms with Gasteiger partial charge in [-0.05, 0) is 6.05 Å². The molecule has 1 aliphatic rings. The lowest BCUT2D eigenvalue weighted by atomic mass is 10.6. The Morgan fingerprint density at radius 1 is 1.83 bits per heavy atom. The van der Waals surface area contributed by atoms with Gasteiger partial charge in [0, 0.05) is 6.18 Å². The molecule has 0 aromatic heterocycles. The first-order valence-corrected chi connectivity index (χ1v) is 2.48. The van der Waals surface area contributed by atoms with E-state index >= 15 is 0 Å². The average molecular weight is 109 g/mol. The molecule has 1 N–H and O–H groups in total. The molecule has 36 valence electrons. The van der Waals surface area contributed by atoms with E-state index in [1.807, 2.05) is 4.72 Å². The first kappa shape index (κ1) is 0.892. The Morgan fingerprint density at radius 3 is 3.67 bits per heavy atom. The fraction of sp³-hybridized carbons (Fsp3) is 0. The molecule has 1 heterocycles. The number of hydrogen-bond acceptors (Lipinski definition) is 1. The van der Waals surface area contributed by atoms with Crippen LogP contribution in [-0.2, 0) is 0 Å². The van der Waals surface area contributed by atoms with Crippen molar-refractivity contribution in [3.63, 3.8) is 0 Å². The highest BCUT2D eigenvalue weighted by Gasteiger charge is 1.68. The lowest BCUT2D eigenvalue weighted by molar-refractivity contribution is 1.42. The first-order valence-electron chi connectivity index (χ1n) is 4.36. The number of hydrogen-bond donors (Lipinski definition) is 1. The molecule has 1 aliphatic heterocycles. The summed E-state index contributed by atoms with van der Waals surface area (Å²) in [5.41, 5.74) is 0. The van der Waals surface area contributed by atoms with Crippen LogP contribution >= 0.6 is 11.7 Å². The second kappa shape index (κ2) is 1.92. The van der Waals surface area contributed by atoms with Gasteiger partial charge in [-0.1, -0.05) is 11.5 Å². The molecule has 0 saturated heterocycles. The van der Waals surface area contributed by atoms with Gasteiger partial charge in [0.1, 0.15) is 0 Å². The molecule has 0 fully saturated rings. The molecule has 0 bridgehead atoms. The minimum atomic E-state index is -4.43. The van der Waals surface area contributed by atoms with E-state index in [1.165, 1.54) is 0 Å². The lowest BCUT2D eigenvalue weighted by Gasteiger charge is -2.00. The zero-order chi connectivity index (χ0) is 9.59. The summed E-state index contributed by atoms with van der Waals surface area (Å²) >= 11 is -4.43. The molecule has 2 heteroatoms. The third-order valence-electron chi connectivity index (χ3n) is 0.384. The first-order chi connectivity index (χ1) is 5.19. The summed E-state index contributed by atoms with van der Waals surface area (Å²) in [5.74, 6) is 0. The average Bonchev–Trinajstić information content (AvgIpc) is 1.79. The second-order valence-corrected chi connectivity index (χ2v) is 1.50. The Labute approximate surface area is 48.7 Å². The van der Waals surface area contributed by atoms with E-state index < -0.39 is 23.9 Å². The van der Waals surface area contributed by atoms with Crippen LogP contribution in [0.5, 0.6) is 0 Å². The molecule has 0 aromatic carbocycles. The van der Waals surface area contributed by atoms with Crippen molar-refractivity contribution in [1.29, 1.82) is 3.37 Å². The lowest BCUT2D eigenvalue weighted by Crippen LogP contribution is -1.88. The van der Waals surface area contributed by atoms with E-state index in [-0.39, 0.29) is 6.05 Å². The Kier molecular flexibility index (Phi) is 0.286. The maximum atomic E-state index is 7.25. The Balaban J connectivity index is 3.17. The Bertz CT molecular complexity index is 286. The highest BCUT2D eigenvalue weighted by molar-refractivity contribution is 8.00. The minimum absolute atomic E-state index is 0.373. The van der Waals surface area contributed by atoms with Crippen LogP contribution in [0.2, 0.25) is 0 Å². The van der Waals surface area contributed by atoms with Crippen molar-refractivity contribution in [2.24, 2.45) is 0 Å². The summed E-state index contributed by atoms with van der Waals surface area (Å²) < 4.78 is 45.0. The van der Waals surface area contributed by atoms with Crippen molar-refractivity contribution >= 4 is 11.7 Å². The number of allylic oxidation sites excluding steroid dienone is 2. The summed E-state index contributed by atoms with van der Waals surface area (Å²) in [6.45, 7) is 0. The van der Waals surface area contributed by atoms with Crippen LogP contribution in [0.4, 0.5) is 0 Å². The molecule has 0 spiro atoms. The van der Waals surface area contributed by atoms with Crippen LogP contribution in [-0.4, -0.2) is 3.37 Å². The normalized spacial score (nSPS) is 60.7. The highest BCUT2D eigenvalue weighted by atomic mass is 32.2. The third kappa shape index (κ3) is 0.792. The third-order valence-corrected chi connectivity index (χ3v) is 0.883. The van der Waals surface area contributed by atoms with Gasteiger partial charge in [-0.3, -0.25) is 0 Å². The summed E-state index contributed by atoms with van der Waals surface area (Å²) in [4.78, 5) is 0. The van der Waals surface area contributed by atoms with Crippen molar-refractivity contribution in [3.8, 4) is 0 Å². The summed E-state index contributed by atoms with van der Waals surface area (Å²) in [6, 6.07) is -0.765. The minimum Gasteiger partial charge on any atom is -0.373 e. The van der Waals surface area contributed by atoms with Gasteiger partial charge in [-0.25, -0.2) is 11.7 Å². The molecular weight excluding hydrogens is 94.1 g/mol. The van der Waals surface area contributed by atoms with Crippen molar-refractivity contribution in [2.75, 3.05) is 0 Å². The van der Waals surface area contributed by atoms with Gasteiger partial charge in [0.25, 0.3) is 0 Å². The Hall–Kier alpha value is -0.370. The molecule has 1 nitrogen and oxygen atoms in total. The highest BCUT2D eigenvalue weighted by Crippen LogP contribution is 1.98. The molecule has 0 atom stereocenters. The van der Waals surface area contributed by atoms with Gasteiger partial charge >= 0.3 is 0 Å². The molecule has 0 unspecified atom stereocenters. The van der Waals surface area contributed by atoms with E-state index in [1.54, 1.807) is 0 Å². The molecule has 6 heavy (non-hydrogen) atoms. The van der Waals surface area contributed by atoms with Crippen LogP contribution in [0.1, 0.15) is 4.11 Å². The topological polar surface area (TPSA) is 12.0 Å². The molecule has 1 rings (SSSR count). The molecule has 0 aliphatic carbocycles. The van der Waals surface area contributed by atoms with E-state index in [9.17, 15) is 0 Å². The smallest absolute Gasteiger partial charge is 0.0820 e. The standard InChI is InChI=1S/C4H9NS/c1-2-4-6-5-3-1/h1-5H,6H4/i1D,2D,3D,6D3. The second-order valence-electron chi connectivity index (χ2n) is 0.764. The van der Waals surface area contributed by atoms with Crippen LogP contribution in [0.3, 0.4) is 0 Å². The molecule has 0 radical (unpaired) electrons. The zero-order valence-electron chi connectivity index (χ0n) is 9.02. The largest absolute Gasteiger partial charge is 0.373 e. The molecule has 0 aromatic rings. The fourth-order valence-electron chi connectivity index (χ4n) is 0.193. The SMILES string of the molecule is [2H]C1=C[SH]([2H])([2H])([2H])NC([2H])=C1[2H]. The maximum absolute atomic E-state index is 7.25. The van der Waals surface area contributed by atoms with Crippen LogP contribution < -0.4 is 4.72 Å². The van der Waals surface area contributed by atoms with Crippen molar-refractivity contribution in [3.05, 3.63) is 23.7 Å². The van der Waals surface area contributed by atoms with E-state index in [2.05, 4.69) is 0 Å².